The normalized spacial score (nSPS) is 14.1. The Morgan fingerprint density at radius 2 is 1.00 bits per heavy atom. The molecule has 0 amide bonds. The third kappa shape index (κ3) is 6.90. The molecule has 12 heteroatoms. The quantitative estimate of drug-likeness (QED) is 0.143. The van der Waals surface area contributed by atoms with Gasteiger partial charge in [0.1, 0.15) is 0 Å². The fraction of sp³-hybridized carbons (Fsp3) is 0.353. The van der Waals surface area contributed by atoms with E-state index in [4.69, 9.17) is 9.97 Å². The molecule has 0 saturated carbocycles. The summed E-state index contributed by atoms with van der Waals surface area (Å²) in [6.45, 7) is 11.1. The van der Waals surface area contributed by atoms with Crippen molar-refractivity contribution < 1.29 is 30.0 Å². The number of halogens is 2. The number of nitrogens with zero attached hydrogens (tertiary/aromatic N) is 2. The summed E-state index contributed by atoms with van der Waals surface area (Å²) in [5, 5.41) is 40.5. The number of aliphatic carboxylic acids is 2. The molecule has 10 nitrogen and oxygen atoms in total. The maximum Gasteiger partial charge on any atom is 0.303 e. The van der Waals surface area contributed by atoms with Crippen LogP contribution >= 0.6 is 24.8 Å². The molecule has 2 aliphatic rings. The lowest BCUT2D eigenvalue weighted by molar-refractivity contribution is -0.137. The van der Waals surface area contributed by atoms with E-state index in [9.17, 15) is 30.0 Å². The van der Waals surface area contributed by atoms with Crippen LogP contribution in [0.3, 0.4) is 0 Å². The zero-order valence-electron chi connectivity index (χ0n) is 26.6. The van der Waals surface area contributed by atoms with Gasteiger partial charge in [-0.1, -0.05) is 0 Å². The Balaban J connectivity index is 0.00000288. The molecule has 2 atom stereocenters. The summed E-state index contributed by atoms with van der Waals surface area (Å²) in [4.78, 5) is 39.8. The minimum Gasteiger partial charge on any atom is -0.481 e. The third-order valence-corrected chi connectivity index (χ3v) is 8.65. The van der Waals surface area contributed by atoms with Gasteiger partial charge in [0.25, 0.3) is 0 Å². The van der Waals surface area contributed by atoms with Gasteiger partial charge in [0, 0.05) is 46.0 Å². The molecule has 0 spiro atoms. The van der Waals surface area contributed by atoms with Gasteiger partial charge < -0.3 is 30.4 Å². The van der Waals surface area contributed by atoms with Crippen LogP contribution in [0.25, 0.3) is 44.4 Å². The molecule has 3 aromatic rings. The van der Waals surface area contributed by atoms with E-state index < -0.39 is 24.1 Å². The summed E-state index contributed by atoms with van der Waals surface area (Å²) < 4.78 is 0. The molecule has 0 aromatic carbocycles. The van der Waals surface area contributed by atoms with E-state index in [1.54, 1.807) is 13.8 Å². The molecular formula is C34H40Cl2N4O6. The number of nitrogens with one attached hydrogen (secondary N) is 2. The lowest BCUT2D eigenvalue weighted by Crippen LogP contribution is -1.97. The Labute approximate surface area is 279 Å². The average molecular weight is 672 g/mol. The Morgan fingerprint density at radius 1 is 0.630 bits per heavy atom. The number of aromatic amines is 2. The fourth-order valence-electron chi connectivity index (χ4n) is 6.32. The van der Waals surface area contributed by atoms with E-state index in [1.807, 2.05) is 52.0 Å². The number of fused-ring (bicyclic) bond motifs is 8. The largest absolute Gasteiger partial charge is 0.481 e. The highest BCUT2D eigenvalue weighted by Gasteiger charge is 2.23. The lowest BCUT2D eigenvalue weighted by atomic mass is 9.98. The number of hydrogen-bond acceptors (Lipinski definition) is 6. The number of allylic oxidation sites excluding steroid dienone is 4. The fourth-order valence-corrected chi connectivity index (χ4v) is 6.32. The van der Waals surface area contributed by atoms with E-state index in [1.165, 1.54) is 0 Å². The number of rotatable bonds is 8. The van der Waals surface area contributed by atoms with Crippen LogP contribution in [0.2, 0.25) is 0 Å². The van der Waals surface area contributed by atoms with Crippen LogP contribution in [-0.4, -0.2) is 52.3 Å². The van der Waals surface area contributed by atoms with Crippen molar-refractivity contribution in [1.29, 1.82) is 0 Å². The molecule has 6 N–H and O–H groups in total. The maximum absolute atomic E-state index is 11.6. The SMILES string of the molecule is CC1=C(CCC(=O)O)c2cc3nc(cc4[nH]c(cc5[nH]c(cc1n2)c(C)c5C(C)O)c(C)c4C(C)O)C(C)=C3CCC(=O)O.Cl.Cl. The number of H-pyrrole nitrogens is 2. The number of aryl methyl sites for hydroxylation is 2. The van der Waals surface area contributed by atoms with Gasteiger partial charge >= 0.3 is 11.9 Å². The predicted octanol–water partition coefficient (Wildman–Crippen LogP) is 7.47. The number of aliphatic hydroxyl groups is 2. The Morgan fingerprint density at radius 3 is 1.39 bits per heavy atom. The summed E-state index contributed by atoms with van der Waals surface area (Å²) in [6.07, 6.45) is -1.18. The Hall–Kier alpha value is -3.96. The molecule has 0 fully saturated rings. The van der Waals surface area contributed by atoms with Gasteiger partial charge in [0.05, 0.1) is 35.0 Å². The van der Waals surface area contributed by atoms with Gasteiger partial charge in [-0.2, -0.15) is 0 Å². The highest BCUT2D eigenvalue weighted by Crippen LogP contribution is 2.38. The first-order valence-corrected chi connectivity index (χ1v) is 14.7. The minimum atomic E-state index is -0.921. The van der Waals surface area contributed by atoms with Crippen molar-refractivity contribution in [2.45, 2.75) is 79.4 Å². The van der Waals surface area contributed by atoms with E-state index in [2.05, 4.69) is 9.97 Å². The number of carboxylic acids is 2. The lowest BCUT2D eigenvalue weighted by Gasteiger charge is -2.05. The second-order valence-corrected chi connectivity index (χ2v) is 11.7. The highest BCUT2D eigenvalue weighted by atomic mass is 35.5. The maximum atomic E-state index is 11.6. The second kappa shape index (κ2) is 14.2. The van der Waals surface area contributed by atoms with Crippen LogP contribution in [0.4, 0.5) is 0 Å². The van der Waals surface area contributed by atoms with Crippen LogP contribution in [0, 0.1) is 13.8 Å². The summed E-state index contributed by atoms with van der Waals surface area (Å²) in [6, 6.07) is 7.51. The summed E-state index contributed by atoms with van der Waals surface area (Å²) >= 11 is 0. The number of carbonyl (C=O) groups is 2. The Kier molecular flexibility index (Phi) is 11.3. The van der Waals surface area contributed by atoms with E-state index in [-0.39, 0.29) is 50.5 Å². The minimum absolute atomic E-state index is 0. The number of carboxylic acid groups (broad SMARTS) is 2. The zero-order valence-corrected chi connectivity index (χ0v) is 28.2. The molecule has 246 valence electrons. The van der Waals surface area contributed by atoms with Crippen molar-refractivity contribution in [3.8, 4) is 0 Å². The predicted molar refractivity (Wildman–Crippen MR) is 185 cm³/mol. The molecule has 0 saturated heterocycles. The number of aromatic nitrogens is 4. The molecule has 46 heavy (non-hydrogen) atoms. The van der Waals surface area contributed by atoms with E-state index in [0.717, 1.165) is 50.0 Å². The molecular weight excluding hydrogens is 631 g/mol. The van der Waals surface area contributed by atoms with Crippen molar-refractivity contribution in [3.05, 3.63) is 69.3 Å². The van der Waals surface area contributed by atoms with Gasteiger partial charge in [-0.05, 0) is 112 Å². The molecule has 2 unspecified atom stereocenters. The monoisotopic (exact) mass is 670 g/mol. The van der Waals surface area contributed by atoms with Crippen molar-refractivity contribution >= 4 is 81.1 Å². The highest BCUT2D eigenvalue weighted by molar-refractivity contribution is 5.96. The van der Waals surface area contributed by atoms with Gasteiger partial charge in [-0.3, -0.25) is 9.59 Å². The average Bonchev–Trinajstić information content (AvgIpc) is 3.59. The summed E-state index contributed by atoms with van der Waals surface area (Å²) in [5.41, 5.74) is 11.7. The standard InChI is InChI=1S/C34H38N4O6.2ClH/c1-15-21(7-9-31(41)42)27-14-28-22(8-10-32(43)44)16(2)24(36-28)12-29-34(20(6)40)18(4)26(38-29)13-30-33(19(5)39)17(3)25(37-30)11-23(15)35-27;;/h11-14,19-20,37-40H,7-10H2,1-6H3,(H,41,42)(H,43,44);2*1H. The number of aliphatic hydroxyl groups excluding tert-OH is 2. The van der Waals surface area contributed by atoms with Gasteiger partial charge in [-0.15, -0.1) is 24.8 Å². The van der Waals surface area contributed by atoms with E-state index >= 15 is 0 Å². The first kappa shape index (κ1) is 36.5. The molecule has 0 radical (unpaired) electrons. The van der Waals surface area contributed by atoms with Gasteiger partial charge in [0.2, 0.25) is 0 Å². The van der Waals surface area contributed by atoms with E-state index in [0.29, 0.717) is 39.4 Å². The molecule has 5 rings (SSSR count). The smallest absolute Gasteiger partial charge is 0.303 e. The first-order chi connectivity index (χ1) is 20.8. The van der Waals surface area contributed by atoms with Crippen LogP contribution in [0.5, 0.6) is 0 Å². The second-order valence-electron chi connectivity index (χ2n) is 11.7. The van der Waals surface area contributed by atoms with Gasteiger partial charge in [-0.25, -0.2) is 9.97 Å². The van der Waals surface area contributed by atoms with Crippen LogP contribution in [-0.2, 0) is 9.59 Å². The molecule has 8 bridgehead atoms. The zero-order chi connectivity index (χ0) is 32.0. The van der Waals surface area contributed by atoms with Crippen LogP contribution < -0.4 is 0 Å². The molecule has 5 heterocycles. The number of hydrogen-bond donors (Lipinski definition) is 6. The van der Waals surface area contributed by atoms with Crippen molar-refractivity contribution in [1.82, 2.24) is 19.9 Å². The summed E-state index contributed by atoms with van der Waals surface area (Å²) in [5.74, 6) is -1.84. The molecule has 3 aromatic heterocycles. The molecule has 0 aliphatic carbocycles. The third-order valence-electron chi connectivity index (χ3n) is 8.65. The Bertz CT molecular complexity index is 1930. The van der Waals surface area contributed by atoms with Crippen LogP contribution in [0.1, 0.15) is 111 Å². The van der Waals surface area contributed by atoms with Crippen molar-refractivity contribution in [2.75, 3.05) is 0 Å². The summed E-state index contributed by atoms with van der Waals surface area (Å²) in [7, 11) is 0. The topological polar surface area (TPSA) is 172 Å². The van der Waals surface area contributed by atoms with Gasteiger partial charge in [0.15, 0.2) is 0 Å². The first-order valence-electron chi connectivity index (χ1n) is 14.7. The van der Waals surface area contributed by atoms with Crippen molar-refractivity contribution in [3.63, 3.8) is 0 Å². The molecule has 2 aliphatic heterocycles. The van der Waals surface area contributed by atoms with Crippen LogP contribution in [0.15, 0.2) is 24.3 Å². The van der Waals surface area contributed by atoms with Crippen molar-refractivity contribution in [2.24, 2.45) is 0 Å².